The number of carbonyl (C=O) groups is 2. The van der Waals surface area contributed by atoms with Crippen LogP contribution in [0.25, 0.3) is 0 Å². The fraction of sp³-hybridized carbons (Fsp3) is 0.231. The van der Waals surface area contributed by atoms with Crippen LogP contribution in [0.5, 0.6) is 11.5 Å². The van der Waals surface area contributed by atoms with Crippen LogP contribution in [0.3, 0.4) is 0 Å². The highest BCUT2D eigenvalue weighted by atomic mass is 32.2. The highest BCUT2D eigenvalue weighted by Crippen LogP contribution is 2.33. The van der Waals surface area contributed by atoms with Crippen LogP contribution in [-0.2, 0) is 26.0 Å². The quantitative estimate of drug-likeness (QED) is 0.508. The Balaban J connectivity index is 1.20. The molecule has 10 heteroatoms. The zero-order chi connectivity index (χ0) is 25.3. The molecule has 0 saturated heterocycles. The lowest BCUT2D eigenvalue weighted by atomic mass is 10.1. The van der Waals surface area contributed by atoms with Gasteiger partial charge in [-0.05, 0) is 61.4 Å². The van der Waals surface area contributed by atoms with Crippen LogP contribution in [0.4, 0.5) is 11.4 Å². The van der Waals surface area contributed by atoms with E-state index in [0.717, 1.165) is 17.7 Å². The monoisotopic (exact) mass is 508 g/mol. The van der Waals surface area contributed by atoms with Crippen molar-refractivity contribution in [2.24, 2.45) is 0 Å². The lowest BCUT2D eigenvalue weighted by Crippen LogP contribution is -2.38. The molecule has 186 valence electrons. The van der Waals surface area contributed by atoms with E-state index in [2.05, 4.69) is 4.72 Å². The molecule has 0 spiro atoms. The maximum atomic E-state index is 12.8. The first kappa shape index (κ1) is 23.7. The van der Waals surface area contributed by atoms with Gasteiger partial charge in [0.1, 0.15) is 13.2 Å². The Hall–Kier alpha value is -4.05. The summed E-state index contributed by atoms with van der Waals surface area (Å²) in [7, 11) is -3.89. The fourth-order valence-corrected chi connectivity index (χ4v) is 5.38. The third-order valence-corrected chi connectivity index (χ3v) is 7.38. The molecular weight excluding hydrogens is 484 g/mol. The van der Waals surface area contributed by atoms with Crippen molar-refractivity contribution in [2.75, 3.05) is 29.4 Å². The van der Waals surface area contributed by atoms with E-state index in [1.165, 1.54) is 36.4 Å². The van der Waals surface area contributed by atoms with Gasteiger partial charge in [0, 0.05) is 23.5 Å². The molecule has 1 N–H and O–H groups in total. The van der Waals surface area contributed by atoms with E-state index in [1.54, 1.807) is 11.0 Å². The highest BCUT2D eigenvalue weighted by Gasteiger charge is 2.31. The van der Waals surface area contributed by atoms with Crippen molar-refractivity contribution in [3.63, 3.8) is 0 Å². The summed E-state index contributed by atoms with van der Waals surface area (Å²) in [6, 6.07) is 17.8. The van der Waals surface area contributed by atoms with Gasteiger partial charge in [-0.15, -0.1) is 0 Å². The third kappa shape index (κ3) is 4.72. The number of amides is 1. The Morgan fingerprint density at radius 2 is 1.72 bits per heavy atom. The number of esters is 1. The molecular formula is C26H24N2O7S. The maximum Gasteiger partial charge on any atom is 0.338 e. The molecule has 36 heavy (non-hydrogen) atoms. The summed E-state index contributed by atoms with van der Waals surface area (Å²) >= 11 is 0. The molecule has 1 amide bonds. The molecule has 2 aliphatic heterocycles. The standard InChI is InChI=1S/C26H24N2O7S/c1-17-14-19-4-2-3-5-22(19)28(17)25(29)16-35-26(30)18-6-8-20(9-7-18)27-36(31,32)21-10-11-23-24(15-21)34-13-12-33-23/h2-11,15,17,27H,12-14,16H2,1H3. The molecule has 0 radical (unpaired) electrons. The molecule has 5 rings (SSSR count). The van der Waals surface area contributed by atoms with Crippen molar-refractivity contribution >= 4 is 33.3 Å². The summed E-state index contributed by atoms with van der Waals surface area (Å²) in [5, 5.41) is 0. The van der Waals surface area contributed by atoms with Gasteiger partial charge in [0.15, 0.2) is 18.1 Å². The number of hydrogen-bond donors (Lipinski definition) is 1. The van der Waals surface area contributed by atoms with Crippen LogP contribution in [-0.4, -0.2) is 46.2 Å². The number of benzene rings is 3. The van der Waals surface area contributed by atoms with Crippen LogP contribution in [0.2, 0.25) is 0 Å². The Labute approximate surface area is 208 Å². The maximum absolute atomic E-state index is 12.8. The number of carbonyl (C=O) groups excluding carboxylic acids is 2. The Morgan fingerprint density at radius 3 is 2.50 bits per heavy atom. The van der Waals surface area contributed by atoms with Crippen LogP contribution >= 0.6 is 0 Å². The van der Waals surface area contributed by atoms with E-state index in [9.17, 15) is 18.0 Å². The molecule has 2 heterocycles. The van der Waals surface area contributed by atoms with Gasteiger partial charge in [0.2, 0.25) is 0 Å². The van der Waals surface area contributed by atoms with Crippen molar-refractivity contribution in [1.82, 2.24) is 0 Å². The smallest absolute Gasteiger partial charge is 0.338 e. The number of nitrogens with zero attached hydrogens (tertiary/aromatic N) is 1. The zero-order valence-corrected chi connectivity index (χ0v) is 20.3. The Kier molecular flexibility index (Phi) is 6.27. The predicted octanol–water partition coefficient (Wildman–Crippen LogP) is 3.39. The van der Waals surface area contributed by atoms with Gasteiger partial charge in [-0.1, -0.05) is 18.2 Å². The van der Waals surface area contributed by atoms with Crippen LogP contribution in [0.1, 0.15) is 22.8 Å². The number of hydrogen-bond acceptors (Lipinski definition) is 7. The second-order valence-electron chi connectivity index (χ2n) is 8.51. The minimum atomic E-state index is -3.89. The number of fused-ring (bicyclic) bond motifs is 2. The Morgan fingerprint density at radius 1 is 1.00 bits per heavy atom. The van der Waals surface area contributed by atoms with Gasteiger partial charge in [0.05, 0.1) is 10.5 Å². The normalized spacial score (nSPS) is 16.2. The topological polar surface area (TPSA) is 111 Å². The first-order valence-electron chi connectivity index (χ1n) is 11.4. The van der Waals surface area contributed by atoms with E-state index in [4.69, 9.17) is 14.2 Å². The summed E-state index contributed by atoms with van der Waals surface area (Å²) in [5.41, 5.74) is 2.37. The van der Waals surface area contributed by atoms with Crippen LogP contribution in [0.15, 0.2) is 71.6 Å². The van der Waals surface area contributed by atoms with Gasteiger partial charge in [-0.25, -0.2) is 13.2 Å². The van der Waals surface area contributed by atoms with Crippen molar-refractivity contribution in [1.29, 1.82) is 0 Å². The first-order chi connectivity index (χ1) is 17.3. The van der Waals surface area contributed by atoms with Gasteiger partial charge in [-0.3, -0.25) is 9.52 Å². The van der Waals surface area contributed by atoms with Gasteiger partial charge in [0.25, 0.3) is 15.9 Å². The summed E-state index contributed by atoms with van der Waals surface area (Å²) in [4.78, 5) is 26.9. The van der Waals surface area contributed by atoms with Gasteiger partial charge >= 0.3 is 5.97 Å². The van der Waals surface area contributed by atoms with Crippen molar-refractivity contribution in [3.05, 3.63) is 77.9 Å². The van der Waals surface area contributed by atoms with Gasteiger partial charge in [-0.2, -0.15) is 0 Å². The van der Waals surface area contributed by atoms with Crippen LogP contribution < -0.4 is 19.1 Å². The Bertz CT molecular complexity index is 1420. The third-order valence-electron chi connectivity index (χ3n) is 6.00. The number of rotatable bonds is 6. The molecule has 9 nitrogen and oxygen atoms in total. The molecule has 0 aromatic heterocycles. The van der Waals surface area contributed by atoms with E-state index in [1.807, 2.05) is 31.2 Å². The second kappa shape index (κ2) is 9.54. The number of nitrogens with one attached hydrogen (secondary N) is 1. The number of anilines is 2. The molecule has 0 aliphatic carbocycles. The average molecular weight is 509 g/mol. The fourth-order valence-electron chi connectivity index (χ4n) is 4.31. The largest absolute Gasteiger partial charge is 0.486 e. The lowest BCUT2D eigenvalue weighted by molar-refractivity contribution is -0.122. The summed E-state index contributed by atoms with van der Waals surface area (Å²) in [6.07, 6.45) is 0.749. The molecule has 1 atom stereocenters. The summed E-state index contributed by atoms with van der Waals surface area (Å²) < 4.78 is 44.1. The van der Waals surface area contributed by atoms with Crippen molar-refractivity contribution < 1.29 is 32.2 Å². The summed E-state index contributed by atoms with van der Waals surface area (Å²) in [5.74, 6) is -0.122. The zero-order valence-electron chi connectivity index (χ0n) is 19.5. The molecule has 3 aromatic rings. The van der Waals surface area contributed by atoms with Crippen LogP contribution in [0, 0.1) is 0 Å². The number of sulfonamides is 1. The van der Waals surface area contributed by atoms with E-state index < -0.39 is 22.6 Å². The second-order valence-corrected chi connectivity index (χ2v) is 10.2. The van der Waals surface area contributed by atoms with Crippen molar-refractivity contribution in [2.45, 2.75) is 24.3 Å². The molecule has 0 fully saturated rings. The summed E-state index contributed by atoms with van der Waals surface area (Å²) in [6.45, 7) is 2.31. The van der Waals surface area contributed by atoms with E-state index in [0.29, 0.717) is 24.7 Å². The average Bonchev–Trinajstić information content (AvgIpc) is 3.22. The first-order valence-corrected chi connectivity index (χ1v) is 12.9. The lowest BCUT2D eigenvalue weighted by Gasteiger charge is -2.22. The number of para-hydroxylation sites is 1. The SMILES string of the molecule is CC1Cc2ccccc2N1C(=O)COC(=O)c1ccc(NS(=O)(=O)c2ccc3c(c2)OCCO3)cc1. The molecule has 0 saturated carbocycles. The minimum Gasteiger partial charge on any atom is -0.486 e. The number of ether oxygens (including phenoxy) is 3. The predicted molar refractivity (Wildman–Crippen MR) is 132 cm³/mol. The van der Waals surface area contributed by atoms with Gasteiger partial charge < -0.3 is 19.1 Å². The van der Waals surface area contributed by atoms with Crippen molar-refractivity contribution in [3.8, 4) is 11.5 Å². The highest BCUT2D eigenvalue weighted by molar-refractivity contribution is 7.92. The van der Waals surface area contributed by atoms with E-state index in [-0.39, 0.29) is 28.1 Å². The molecule has 1 unspecified atom stereocenters. The van der Waals surface area contributed by atoms with E-state index >= 15 is 0 Å². The molecule has 0 bridgehead atoms. The molecule has 2 aliphatic rings. The minimum absolute atomic E-state index is 0.0184. The molecule has 3 aromatic carbocycles.